The minimum Gasteiger partial charge on any atom is -0.369 e. The summed E-state index contributed by atoms with van der Waals surface area (Å²) >= 11 is 3.28. The molecule has 132 valence electrons. The van der Waals surface area contributed by atoms with Crippen LogP contribution in [0.4, 0.5) is 11.4 Å². The lowest BCUT2D eigenvalue weighted by atomic mass is 9.96. The normalized spacial score (nSPS) is 16.0. The predicted octanol–water partition coefficient (Wildman–Crippen LogP) is 2.25. The van der Waals surface area contributed by atoms with E-state index in [0.717, 1.165) is 32.5 Å². The monoisotopic (exact) mass is 398 g/mol. The van der Waals surface area contributed by atoms with Crippen LogP contribution in [0.3, 0.4) is 0 Å². The number of rotatable bonds is 6. The highest BCUT2D eigenvalue weighted by atomic mass is 79.9. The number of nitrogens with one attached hydrogen (secondary N) is 1. The number of likely N-dealkylation sites (N-methyl/N-ethyl adjacent to an activating group) is 1. The van der Waals surface area contributed by atoms with Crippen LogP contribution in [0.25, 0.3) is 0 Å². The summed E-state index contributed by atoms with van der Waals surface area (Å²) in [6, 6.07) is 5.14. The molecule has 1 saturated heterocycles. The van der Waals surface area contributed by atoms with E-state index in [1.807, 2.05) is 18.0 Å². The lowest BCUT2D eigenvalue weighted by Crippen LogP contribution is -2.42. The number of carbonyl (C=O) groups excluding carboxylic acids is 1. The van der Waals surface area contributed by atoms with Crippen molar-refractivity contribution in [3.05, 3.63) is 32.8 Å². The second-order valence-corrected chi connectivity index (χ2v) is 7.08. The number of piperidine rings is 1. The molecule has 0 unspecified atom stereocenters. The molecule has 0 bridgehead atoms. The van der Waals surface area contributed by atoms with Gasteiger partial charge in [-0.05, 0) is 44.0 Å². The number of amides is 1. The van der Waals surface area contributed by atoms with Crippen molar-refractivity contribution in [3.63, 3.8) is 0 Å². The average Bonchev–Trinajstić information content (AvgIpc) is 2.56. The van der Waals surface area contributed by atoms with Crippen LogP contribution in [-0.2, 0) is 4.79 Å². The Morgan fingerprint density at radius 3 is 2.71 bits per heavy atom. The summed E-state index contributed by atoms with van der Waals surface area (Å²) in [5, 5.41) is 13.9. The third-order valence-electron chi connectivity index (χ3n) is 4.43. The van der Waals surface area contributed by atoms with Crippen LogP contribution in [0.15, 0.2) is 22.7 Å². The number of hydrogen-bond acceptors (Lipinski definition) is 5. The van der Waals surface area contributed by atoms with Crippen LogP contribution in [0.1, 0.15) is 12.8 Å². The van der Waals surface area contributed by atoms with Crippen LogP contribution in [0.2, 0.25) is 0 Å². The molecule has 24 heavy (non-hydrogen) atoms. The molecule has 1 fully saturated rings. The molecular weight excluding hydrogens is 376 g/mol. The Balaban J connectivity index is 1.93. The molecule has 8 heteroatoms. The maximum atomic E-state index is 11.4. The smallest absolute Gasteiger partial charge is 0.293 e. The summed E-state index contributed by atoms with van der Waals surface area (Å²) in [6.45, 7) is 2.98. The molecule has 7 nitrogen and oxygen atoms in total. The zero-order valence-electron chi connectivity index (χ0n) is 14.0. The van der Waals surface area contributed by atoms with E-state index < -0.39 is 0 Å². The third kappa shape index (κ3) is 4.91. The largest absolute Gasteiger partial charge is 0.369 e. The van der Waals surface area contributed by atoms with Crippen molar-refractivity contribution in [2.75, 3.05) is 45.2 Å². The lowest BCUT2D eigenvalue weighted by Gasteiger charge is -2.33. The van der Waals surface area contributed by atoms with Crippen molar-refractivity contribution >= 4 is 33.2 Å². The summed E-state index contributed by atoms with van der Waals surface area (Å²) < 4.78 is 0.703. The fraction of sp³-hybridized carbons (Fsp3) is 0.562. The van der Waals surface area contributed by atoms with Crippen molar-refractivity contribution in [2.45, 2.75) is 12.8 Å². The van der Waals surface area contributed by atoms with E-state index in [4.69, 9.17) is 0 Å². The summed E-state index contributed by atoms with van der Waals surface area (Å²) in [5.74, 6) is 0.509. The van der Waals surface area contributed by atoms with Gasteiger partial charge in [0.2, 0.25) is 5.91 Å². The van der Waals surface area contributed by atoms with Gasteiger partial charge in [-0.2, -0.15) is 0 Å². The van der Waals surface area contributed by atoms with Crippen LogP contribution >= 0.6 is 15.9 Å². The Hall–Kier alpha value is -1.67. The Bertz CT molecular complexity index is 603. The fourth-order valence-electron chi connectivity index (χ4n) is 3.06. The van der Waals surface area contributed by atoms with Gasteiger partial charge < -0.3 is 10.2 Å². The van der Waals surface area contributed by atoms with Crippen molar-refractivity contribution in [1.29, 1.82) is 0 Å². The van der Waals surface area contributed by atoms with Crippen molar-refractivity contribution < 1.29 is 9.72 Å². The zero-order valence-corrected chi connectivity index (χ0v) is 15.6. The highest BCUT2D eigenvalue weighted by Gasteiger charge is 2.24. The van der Waals surface area contributed by atoms with E-state index >= 15 is 0 Å². The van der Waals surface area contributed by atoms with Crippen LogP contribution < -0.4 is 10.2 Å². The summed E-state index contributed by atoms with van der Waals surface area (Å²) in [5.41, 5.74) is 0.750. The second-order valence-electron chi connectivity index (χ2n) is 6.16. The van der Waals surface area contributed by atoms with Gasteiger partial charge in [0, 0.05) is 31.2 Å². The SMILES string of the molecule is CNC(=O)CN1CCC(CN(C)c2ccc(Br)cc2[N+](=O)[O-])CC1. The average molecular weight is 399 g/mol. The first-order chi connectivity index (χ1) is 11.4. The summed E-state index contributed by atoms with van der Waals surface area (Å²) in [4.78, 5) is 26.5. The zero-order chi connectivity index (χ0) is 17.7. The predicted molar refractivity (Wildman–Crippen MR) is 97.3 cm³/mol. The first-order valence-corrected chi connectivity index (χ1v) is 8.78. The van der Waals surface area contributed by atoms with Gasteiger partial charge in [0.25, 0.3) is 5.69 Å². The number of halogens is 1. The quantitative estimate of drug-likeness (QED) is 0.587. The molecule has 0 aromatic heterocycles. The molecule has 2 rings (SSSR count). The minimum atomic E-state index is -0.345. The van der Waals surface area contributed by atoms with Crippen LogP contribution in [-0.4, -0.2) is 56.0 Å². The molecule has 1 aromatic carbocycles. The number of hydrogen-bond donors (Lipinski definition) is 1. The number of benzene rings is 1. The second kappa shape index (κ2) is 8.43. The van der Waals surface area contributed by atoms with E-state index in [-0.39, 0.29) is 16.5 Å². The summed E-state index contributed by atoms with van der Waals surface area (Å²) in [6.07, 6.45) is 1.98. The molecule has 0 saturated carbocycles. The van der Waals surface area contributed by atoms with Crippen molar-refractivity contribution in [2.24, 2.45) is 5.92 Å². The van der Waals surface area contributed by atoms with Gasteiger partial charge in [-0.1, -0.05) is 15.9 Å². The lowest BCUT2D eigenvalue weighted by molar-refractivity contribution is -0.384. The van der Waals surface area contributed by atoms with E-state index in [0.29, 0.717) is 22.6 Å². The molecule has 1 heterocycles. The number of nitrogens with zero attached hydrogens (tertiary/aromatic N) is 3. The van der Waals surface area contributed by atoms with Gasteiger partial charge in [-0.25, -0.2) is 0 Å². The molecule has 0 atom stereocenters. The Kier molecular flexibility index (Phi) is 6.56. The first kappa shape index (κ1) is 18.7. The highest BCUT2D eigenvalue weighted by Crippen LogP contribution is 2.31. The molecule has 1 N–H and O–H groups in total. The molecule has 1 aliphatic heterocycles. The number of carbonyl (C=O) groups is 1. The molecule has 1 aromatic rings. The number of nitro benzene ring substituents is 1. The van der Waals surface area contributed by atoms with Crippen molar-refractivity contribution in [3.8, 4) is 0 Å². The number of nitro groups is 1. The van der Waals surface area contributed by atoms with Gasteiger partial charge in [-0.15, -0.1) is 0 Å². The van der Waals surface area contributed by atoms with Crippen LogP contribution in [0.5, 0.6) is 0 Å². The topological polar surface area (TPSA) is 78.7 Å². The Morgan fingerprint density at radius 1 is 1.46 bits per heavy atom. The molecular formula is C16H23BrN4O3. The van der Waals surface area contributed by atoms with E-state index in [1.54, 1.807) is 13.1 Å². The van der Waals surface area contributed by atoms with Gasteiger partial charge in [0.1, 0.15) is 5.69 Å². The van der Waals surface area contributed by atoms with Gasteiger partial charge in [-0.3, -0.25) is 19.8 Å². The number of anilines is 1. The Morgan fingerprint density at radius 2 is 2.12 bits per heavy atom. The number of likely N-dealkylation sites (tertiary alicyclic amines) is 1. The van der Waals surface area contributed by atoms with Crippen LogP contribution in [0, 0.1) is 16.0 Å². The first-order valence-electron chi connectivity index (χ1n) is 7.98. The highest BCUT2D eigenvalue weighted by molar-refractivity contribution is 9.10. The van der Waals surface area contributed by atoms with E-state index in [9.17, 15) is 14.9 Å². The maximum Gasteiger partial charge on any atom is 0.293 e. The third-order valence-corrected chi connectivity index (χ3v) is 4.92. The van der Waals surface area contributed by atoms with Gasteiger partial charge in [0.05, 0.1) is 11.5 Å². The van der Waals surface area contributed by atoms with E-state index in [1.165, 1.54) is 6.07 Å². The molecule has 0 radical (unpaired) electrons. The maximum absolute atomic E-state index is 11.4. The Labute approximate surface area is 150 Å². The molecule has 0 spiro atoms. The molecule has 0 aliphatic carbocycles. The van der Waals surface area contributed by atoms with Gasteiger partial charge >= 0.3 is 0 Å². The van der Waals surface area contributed by atoms with Gasteiger partial charge in [0.15, 0.2) is 0 Å². The minimum absolute atomic E-state index is 0.0380. The molecule has 1 amide bonds. The fourth-order valence-corrected chi connectivity index (χ4v) is 3.41. The standard InChI is InChI=1S/C16H23BrN4O3/c1-18-16(22)11-20-7-5-12(6-8-20)10-19(2)14-4-3-13(17)9-15(14)21(23)24/h3-4,9,12H,5-8,10-11H2,1-2H3,(H,18,22). The molecule has 1 aliphatic rings. The summed E-state index contributed by atoms with van der Waals surface area (Å²) in [7, 11) is 3.54. The van der Waals surface area contributed by atoms with E-state index in [2.05, 4.69) is 26.1 Å². The van der Waals surface area contributed by atoms with Crippen molar-refractivity contribution in [1.82, 2.24) is 10.2 Å².